The summed E-state index contributed by atoms with van der Waals surface area (Å²) in [6, 6.07) is 32.1. The molecule has 41 heavy (non-hydrogen) atoms. The van der Waals surface area contributed by atoms with Gasteiger partial charge in [-0.2, -0.15) is 0 Å². The van der Waals surface area contributed by atoms with Crippen molar-refractivity contribution >= 4 is 4.92 Å². The van der Waals surface area contributed by atoms with Crippen molar-refractivity contribution in [3.05, 3.63) is 119 Å². The van der Waals surface area contributed by atoms with E-state index in [0.717, 1.165) is 16.9 Å². The predicted molar refractivity (Wildman–Crippen MR) is 164 cm³/mol. The van der Waals surface area contributed by atoms with E-state index in [0.29, 0.717) is 23.6 Å². The molecule has 1 heterocycles. The molecule has 2 unspecified atom stereocenters. The molecule has 0 spiro atoms. The van der Waals surface area contributed by atoms with Gasteiger partial charge >= 0.3 is 167 Å². The predicted octanol–water partition coefficient (Wildman–Crippen LogP) is 7.31. The third-order valence-corrected chi connectivity index (χ3v) is 10.1. The van der Waals surface area contributed by atoms with Crippen molar-refractivity contribution in [2.75, 3.05) is 0 Å². The Hall–Kier alpha value is -3.41. The number of phenols is 2. The molecule has 4 N–H and O–H groups in total. The SMILES string of the molecule is Cc1cc([CH]=[Mn]2[NH]C3CCCCC3[NH]2)c(O)c(C(C)(C)c2ccccc2)c1.Oc1ccc(Oc2ccccc2)cc1. The fraction of sp³-hybridized carbons (Fsp3) is 0.286. The minimum atomic E-state index is -1.02. The zero-order valence-corrected chi connectivity index (χ0v) is 25.2. The number of benzene rings is 4. The molecule has 2 aliphatic rings. The van der Waals surface area contributed by atoms with Crippen LogP contribution in [0.1, 0.15) is 61.8 Å². The molecule has 4 aromatic carbocycles. The largest absolute Gasteiger partial charge is 0.508 e. The molecule has 1 aliphatic heterocycles. The number of fused-ring (bicyclic) bond motifs is 1. The Morgan fingerprint density at radius 2 is 1.34 bits per heavy atom. The standard InChI is InChI=1S/C17H18O.C12H10O2.C6H12N2.Mn/c1-12-10-13(2)16(18)15(11-12)17(3,4)14-8-6-5-7-9-14;13-10-6-8-12(9-7-10)14-11-4-2-1-3-5-11;7-5-3-1-2-4-6(5)8;/h2,5-11,18H,1,3-4H3;1-9,13H;5-8H,1-4H2;/q;;-2;+2. The molecule has 0 amide bonds. The molecule has 5 nitrogen and oxygen atoms in total. The maximum atomic E-state index is 11.2. The quantitative estimate of drug-likeness (QED) is 0.183. The van der Waals surface area contributed by atoms with Crippen LogP contribution < -0.4 is 13.4 Å². The van der Waals surface area contributed by atoms with Crippen LogP contribution in [-0.4, -0.2) is 27.2 Å². The monoisotopic (exact) mass is 591 g/mol. The molecule has 2 atom stereocenters. The van der Waals surface area contributed by atoms with Gasteiger partial charge in [-0.15, -0.1) is 0 Å². The van der Waals surface area contributed by atoms with Crippen LogP contribution in [0.4, 0.5) is 0 Å². The van der Waals surface area contributed by atoms with E-state index >= 15 is 0 Å². The number of ether oxygens (including phenoxy) is 1. The van der Waals surface area contributed by atoms with E-state index in [4.69, 9.17) is 9.84 Å². The van der Waals surface area contributed by atoms with Gasteiger partial charge in [-0.05, 0) is 36.4 Å². The number of phenolic OH excluding ortho intramolecular Hbond substituents is 2. The van der Waals surface area contributed by atoms with Crippen molar-refractivity contribution in [2.45, 2.75) is 64.0 Å². The van der Waals surface area contributed by atoms with E-state index < -0.39 is 13.9 Å². The van der Waals surface area contributed by atoms with Crippen molar-refractivity contribution in [1.82, 2.24) is 8.67 Å². The van der Waals surface area contributed by atoms with E-state index in [1.807, 2.05) is 36.4 Å². The van der Waals surface area contributed by atoms with Crippen LogP contribution in [0.5, 0.6) is 23.0 Å². The average Bonchev–Trinajstić information content (AvgIpc) is 3.40. The summed E-state index contributed by atoms with van der Waals surface area (Å²) in [5.41, 5.74) is 4.12. The summed E-state index contributed by atoms with van der Waals surface area (Å²) < 4.78 is 13.1. The van der Waals surface area contributed by atoms with Crippen molar-refractivity contribution < 1.29 is 28.8 Å². The molecule has 2 fully saturated rings. The summed E-state index contributed by atoms with van der Waals surface area (Å²) >= 11 is -1.02. The second-order valence-corrected chi connectivity index (χ2v) is 13.3. The van der Waals surface area contributed by atoms with Gasteiger partial charge in [0.05, 0.1) is 0 Å². The van der Waals surface area contributed by atoms with Gasteiger partial charge in [-0.3, -0.25) is 0 Å². The van der Waals surface area contributed by atoms with Crippen molar-refractivity contribution in [3.63, 3.8) is 0 Å². The Bertz CT molecular complexity index is 1460. The van der Waals surface area contributed by atoms with Crippen LogP contribution in [-0.2, 0) is 19.3 Å². The Labute approximate surface area is 248 Å². The van der Waals surface area contributed by atoms with Crippen LogP contribution in [0.2, 0.25) is 0 Å². The normalized spacial score (nSPS) is 18.6. The fourth-order valence-electron chi connectivity index (χ4n) is 5.42. The molecule has 6 heteroatoms. The molecular formula is C35H40MnN2O3. The maximum absolute atomic E-state index is 11.2. The van der Waals surface area contributed by atoms with E-state index in [9.17, 15) is 5.11 Å². The summed E-state index contributed by atoms with van der Waals surface area (Å²) in [7, 11) is 0. The molecule has 4 aromatic rings. The van der Waals surface area contributed by atoms with E-state index in [2.05, 4.69) is 70.8 Å². The van der Waals surface area contributed by atoms with Crippen molar-refractivity contribution in [2.24, 2.45) is 0 Å². The number of aromatic hydroxyl groups is 2. The molecular weight excluding hydrogens is 551 g/mol. The Morgan fingerprint density at radius 1 is 0.780 bits per heavy atom. The summed E-state index contributed by atoms with van der Waals surface area (Å²) in [4.78, 5) is 2.26. The van der Waals surface area contributed by atoms with Gasteiger partial charge < -0.3 is 9.84 Å². The minimum absolute atomic E-state index is 0.241. The van der Waals surface area contributed by atoms with Crippen LogP contribution in [0, 0.1) is 6.92 Å². The number of aryl methyl sites for hydroxylation is 1. The number of nitrogens with one attached hydrogen (secondary N) is 2. The molecule has 6 rings (SSSR count). The molecule has 1 saturated heterocycles. The van der Waals surface area contributed by atoms with E-state index in [1.165, 1.54) is 36.8 Å². The number of para-hydroxylation sites is 1. The Balaban J connectivity index is 0.000000202. The molecule has 1 saturated carbocycles. The molecule has 1 aliphatic carbocycles. The van der Waals surface area contributed by atoms with Gasteiger partial charge in [0.1, 0.15) is 17.2 Å². The first-order valence-corrected chi connectivity index (χ1v) is 16.1. The molecule has 0 radical (unpaired) electrons. The summed E-state index contributed by atoms with van der Waals surface area (Å²) in [6.07, 6.45) is 5.20. The van der Waals surface area contributed by atoms with Gasteiger partial charge in [0.25, 0.3) is 0 Å². The first kappa shape index (κ1) is 29.1. The van der Waals surface area contributed by atoms with E-state index in [1.54, 1.807) is 24.3 Å². The Morgan fingerprint density at radius 3 is 1.95 bits per heavy atom. The van der Waals surface area contributed by atoms with Crippen molar-refractivity contribution in [3.8, 4) is 23.0 Å². The van der Waals surface area contributed by atoms with Crippen LogP contribution >= 0.6 is 0 Å². The smallest absolute Gasteiger partial charge is 0.127 e. The summed E-state index contributed by atoms with van der Waals surface area (Å²) in [6.45, 7) is 6.50. The summed E-state index contributed by atoms with van der Waals surface area (Å²) in [5, 5.41) is 20.2. The second-order valence-electron chi connectivity index (χ2n) is 11.3. The zero-order valence-electron chi connectivity index (χ0n) is 24.0. The minimum Gasteiger partial charge on any atom is -0.508 e. The molecule has 0 aromatic heterocycles. The third kappa shape index (κ3) is 7.27. The average molecular weight is 592 g/mol. The third-order valence-electron chi connectivity index (χ3n) is 7.78. The number of hydrogen-bond acceptors (Lipinski definition) is 5. The molecule has 0 bridgehead atoms. The van der Waals surface area contributed by atoms with Crippen LogP contribution in [0.15, 0.2) is 97.1 Å². The van der Waals surface area contributed by atoms with Crippen molar-refractivity contribution in [1.29, 1.82) is 0 Å². The van der Waals surface area contributed by atoms with E-state index in [-0.39, 0.29) is 11.2 Å². The zero-order chi connectivity index (χ0) is 28.8. The number of hydrogen-bond donors (Lipinski definition) is 4. The Kier molecular flexibility index (Phi) is 9.26. The maximum Gasteiger partial charge on any atom is 0.127 e. The first-order valence-electron chi connectivity index (χ1n) is 14.3. The first-order chi connectivity index (χ1) is 19.8. The topological polar surface area (TPSA) is 73.8 Å². The summed E-state index contributed by atoms with van der Waals surface area (Å²) in [5.74, 6) is 2.17. The van der Waals surface area contributed by atoms with Gasteiger partial charge in [-0.25, -0.2) is 0 Å². The second kappa shape index (κ2) is 13.1. The van der Waals surface area contributed by atoms with Gasteiger partial charge in [0.15, 0.2) is 0 Å². The van der Waals surface area contributed by atoms with Gasteiger partial charge in [0, 0.05) is 0 Å². The fourth-order valence-corrected chi connectivity index (χ4v) is 8.10. The molecule has 215 valence electrons. The van der Waals surface area contributed by atoms with Gasteiger partial charge in [-0.1, -0.05) is 18.2 Å². The number of rotatable bonds is 5. The van der Waals surface area contributed by atoms with Crippen LogP contribution in [0.3, 0.4) is 0 Å². The van der Waals surface area contributed by atoms with Crippen LogP contribution in [0.25, 0.3) is 0 Å². The van der Waals surface area contributed by atoms with Gasteiger partial charge in [0.2, 0.25) is 0 Å².